The molecule has 3 nitrogen and oxygen atoms in total. The van der Waals surface area contributed by atoms with Gasteiger partial charge in [-0.05, 0) is 18.6 Å². The summed E-state index contributed by atoms with van der Waals surface area (Å²) in [4.78, 5) is 11.5. The van der Waals surface area contributed by atoms with Gasteiger partial charge in [-0.2, -0.15) is 0 Å². The zero-order valence-electron chi connectivity index (χ0n) is 8.97. The molecule has 0 aliphatic rings. The van der Waals surface area contributed by atoms with Gasteiger partial charge in [-0.15, -0.1) is 0 Å². The Kier molecular flexibility index (Phi) is 4.37. The Morgan fingerprint density at radius 2 is 2.00 bits per heavy atom. The Bertz CT molecular complexity index is 362. The van der Waals surface area contributed by atoms with E-state index in [0.29, 0.717) is 6.42 Å². The van der Waals surface area contributed by atoms with Crippen LogP contribution in [0.25, 0.3) is 0 Å². The summed E-state index contributed by atoms with van der Waals surface area (Å²) in [6, 6.07) is 3.08. The molecule has 1 rings (SSSR count). The number of hydrogen-bond donors (Lipinski definition) is 2. The third-order valence-corrected chi connectivity index (χ3v) is 2.24. The molecule has 0 saturated carbocycles. The van der Waals surface area contributed by atoms with Crippen molar-refractivity contribution in [2.45, 2.75) is 19.4 Å². The van der Waals surface area contributed by atoms with Crippen molar-refractivity contribution in [1.29, 1.82) is 0 Å². The standard InChI is InChI=1S/C11H14F2N2O/c1-2-7(14)6-15-11(16)10-8(12)4-3-5-9(10)13/h3-5,7H,2,6,14H2,1H3,(H,15,16). The lowest BCUT2D eigenvalue weighted by Crippen LogP contribution is -2.37. The number of benzene rings is 1. The predicted molar refractivity (Wildman–Crippen MR) is 57.0 cm³/mol. The molecule has 1 unspecified atom stereocenters. The lowest BCUT2D eigenvalue weighted by molar-refractivity contribution is 0.0942. The van der Waals surface area contributed by atoms with Gasteiger partial charge in [0.15, 0.2) is 0 Å². The van der Waals surface area contributed by atoms with Crippen LogP contribution in [-0.2, 0) is 0 Å². The predicted octanol–water partition coefficient (Wildman–Crippen LogP) is 1.43. The summed E-state index contributed by atoms with van der Waals surface area (Å²) >= 11 is 0. The van der Waals surface area contributed by atoms with Crippen molar-refractivity contribution in [1.82, 2.24) is 5.32 Å². The molecule has 1 amide bonds. The number of nitrogens with one attached hydrogen (secondary N) is 1. The van der Waals surface area contributed by atoms with E-state index in [1.54, 1.807) is 0 Å². The van der Waals surface area contributed by atoms with E-state index in [1.807, 2.05) is 6.92 Å². The zero-order chi connectivity index (χ0) is 12.1. The van der Waals surface area contributed by atoms with Crippen LogP contribution in [0.15, 0.2) is 18.2 Å². The fourth-order valence-corrected chi connectivity index (χ4v) is 1.17. The molecule has 1 atom stereocenters. The first kappa shape index (κ1) is 12.6. The van der Waals surface area contributed by atoms with Crippen LogP contribution in [0, 0.1) is 11.6 Å². The molecular weight excluding hydrogens is 214 g/mol. The number of halogens is 2. The van der Waals surface area contributed by atoms with E-state index >= 15 is 0 Å². The van der Waals surface area contributed by atoms with Gasteiger partial charge in [0, 0.05) is 12.6 Å². The number of carbonyl (C=O) groups excluding carboxylic acids is 1. The smallest absolute Gasteiger partial charge is 0.257 e. The number of hydrogen-bond acceptors (Lipinski definition) is 2. The van der Waals surface area contributed by atoms with Gasteiger partial charge in [-0.25, -0.2) is 8.78 Å². The Morgan fingerprint density at radius 1 is 1.44 bits per heavy atom. The molecule has 0 radical (unpaired) electrons. The fourth-order valence-electron chi connectivity index (χ4n) is 1.17. The van der Waals surface area contributed by atoms with Crippen LogP contribution in [0.1, 0.15) is 23.7 Å². The largest absolute Gasteiger partial charge is 0.350 e. The normalized spacial score (nSPS) is 12.2. The molecule has 3 N–H and O–H groups in total. The SMILES string of the molecule is CCC(N)CNC(=O)c1c(F)cccc1F. The Hall–Kier alpha value is -1.49. The van der Waals surface area contributed by atoms with Crippen LogP contribution in [0.3, 0.4) is 0 Å². The van der Waals surface area contributed by atoms with Crippen LogP contribution in [0.2, 0.25) is 0 Å². The van der Waals surface area contributed by atoms with Gasteiger partial charge in [0.2, 0.25) is 0 Å². The minimum atomic E-state index is -0.873. The van der Waals surface area contributed by atoms with Crippen LogP contribution in [0.5, 0.6) is 0 Å². The van der Waals surface area contributed by atoms with Crippen molar-refractivity contribution in [3.05, 3.63) is 35.4 Å². The van der Waals surface area contributed by atoms with Crippen molar-refractivity contribution >= 4 is 5.91 Å². The third-order valence-electron chi connectivity index (χ3n) is 2.24. The van der Waals surface area contributed by atoms with Gasteiger partial charge in [0.05, 0.1) is 0 Å². The van der Waals surface area contributed by atoms with E-state index in [2.05, 4.69) is 5.32 Å². The van der Waals surface area contributed by atoms with E-state index in [4.69, 9.17) is 5.73 Å². The number of amides is 1. The molecule has 0 bridgehead atoms. The molecule has 0 aliphatic heterocycles. The van der Waals surface area contributed by atoms with Crippen molar-refractivity contribution in [2.24, 2.45) is 5.73 Å². The summed E-state index contributed by atoms with van der Waals surface area (Å²) in [5, 5.41) is 2.39. The minimum Gasteiger partial charge on any atom is -0.350 e. The summed E-state index contributed by atoms with van der Waals surface area (Å²) < 4.78 is 26.4. The van der Waals surface area contributed by atoms with E-state index in [-0.39, 0.29) is 12.6 Å². The molecule has 0 aliphatic carbocycles. The highest BCUT2D eigenvalue weighted by molar-refractivity contribution is 5.94. The van der Waals surface area contributed by atoms with Crippen LogP contribution < -0.4 is 11.1 Å². The molecule has 0 heterocycles. The topological polar surface area (TPSA) is 55.1 Å². The van der Waals surface area contributed by atoms with E-state index in [1.165, 1.54) is 6.07 Å². The fraction of sp³-hybridized carbons (Fsp3) is 0.364. The molecule has 88 valence electrons. The van der Waals surface area contributed by atoms with Gasteiger partial charge in [-0.3, -0.25) is 4.79 Å². The molecule has 1 aromatic carbocycles. The van der Waals surface area contributed by atoms with Gasteiger partial charge in [-0.1, -0.05) is 13.0 Å². The monoisotopic (exact) mass is 228 g/mol. The maximum absolute atomic E-state index is 13.2. The van der Waals surface area contributed by atoms with Crippen molar-refractivity contribution in [2.75, 3.05) is 6.54 Å². The molecule has 5 heteroatoms. The first-order chi connectivity index (χ1) is 7.56. The molecule has 0 saturated heterocycles. The first-order valence-corrected chi connectivity index (χ1v) is 5.04. The molecule has 1 aromatic rings. The van der Waals surface area contributed by atoms with E-state index < -0.39 is 23.1 Å². The lowest BCUT2D eigenvalue weighted by Gasteiger charge is -2.11. The summed E-state index contributed by atoms with van der Waals surface area (Å²) in [7, 11) is 0. The van der Waals surface area contributed by atoms with Gasteiger partial charge < -0.3 is 11.1 Å². The lowest BCUT2D eigenvalue weighted by atomic mass is 10.1. The molecule has 16 heavy (non-hydrogen) atoms. The molecular formula is C11H14F2N2O. The van der Waals surface area contributed by atoms with Crippen LogP contribution in [-0.4, -0.2) is 18.5 Å². The highest BCUT2D eigenvalue weighted by atomic mass is 19.1. The molecule has 0 aromatic heterocycles. The van der Waals surface area contributed by atoms with Crippen molar-refractivity contribution in [3.8, 4) is 0 Å². The van der Waals surface area contributed by atoms with Gasteiger partial charge >= 0.3 is 0 Å². The van der Waals surface area contributed by atoms with E-state index in [0.717, 1.165) is 12.1 Å². The molecule has 0 spiro atoms. The summed E-state index contributed by atoms with van der Waals surface area (Å²) in [5.41, 5.74) is 5.01. The first-order valence-electron chi connectivity index (χ1n) is 5.04. The average molecular weight is 228 g/mol. The Balaban J connectivity index is 2.73. The second-order valence-corrected chi connectivity index (χ2v) is 3.48. The summed E-state index contributed by atoms with van der Waals surface area (Å²) in [6.45, 7) is 2.06. The average Bonchev–Trinajstić information content (AvgIpc) is 2.25. The van der Waals surface area contributed by atoms with Crippen molar-refractivity contribution in [3.63, 3.8) is 0 Å². The minimum absolute atomic E-state index is 0.198. The highest BCUT2D eigenvalue weighted by Crippen LogP contribution is 2.11. The van der Waals surface area contributed by atoms with Crippen molar-refractivity contribution < 1.29 is 13.6 Å². The maximum Gasteiger partial charge on any atom is 0.257 e. The van der Waals surface area contributed by atoms with E-state index in [9.17, 15) is 13.6 Å². The van der Waals surface area contributed by atoms with Crippen LogP contribution in [0.4, 0.5) is 8.78 Å². The highest BCUT2D eigenvalue weighted by Gasteiger charge is 2.16. The summed E-state index contributed by atoms with van der Waals surface area (Å²) in [6.07, 6.45) is 0.681. The maximum atomic E-state index is 13.2. The second-order valence-electron chi connectivity index (χ2n) is 3.48. The Labute approximate surface area is 92.6 Å². The van der Waals surface area contributed by atoms with Crippen LogP contribution >= 0.6 is 0 Å². The second kappa shape index (κ2) is 5.55. The molecule has 0 fully saturated rings. The number of carbonyl (C=O) groups is 1. The number of rotatable bonds is 4. The third kappa shape index (κ3) is 3.00. The zero-order valence-corrected chi connectivity index (χ0v) is 8.97. The Morgan fingerprint density at radius 3 is 2.50 bits per heavy atom. The van der Waals surface area contributed by atoms with Gasteiger partial charge in [0.25, 0.3) is 5.91 Å². The van der Waals surface area contributed by atoms with Gasteiger partial charge in [0.1, 0.15) is 17.2 Å². The summed E-state index contributed by atoms with van der Waals surface area (Å²) in [5.74, 6) is -2.52. The number of nitrogens with two attached hydrogens (primary N) is 1. The quantitative estimate of drug-likeness (QED) is 0.819.